The minimum absolute atomic E-state index is 0.304. The molecular weight excluding hydrogens is 253 g/mol. The topological polar surface area (TPSA) is 35.2 Å². The van der Waals surface area contributed by atoms with Gasteiger partial charge in [0.1, 0.15) is 11.6 Å². The molecule has 1 atom stereocenters. The second-order valence-electron chi connectivity index (χ2n) is 4.96. The first-order valence-corrected chi connectivity index (χ1v) is 6.75. The number of aryl methyl sites for hydroxylation is 2. The van der Waals surface area contributed by atoms with E-state index in [1.54, 1.807) is 12.1 Å². The molecule has 2 aromatic carbocycles. The van der Waals surface area contributed by atoms with Crippen molar-refractivity contribution in [1.29, 1.82) is 0 Å². The Kier molecular flexibility index (Phi) is 4.74. The summed E-state index contributed by atoms with van der Waals surface area (Å²) in [6.07, 6.45) is 1.56. The number of methoxy groups -OCH3 is 1. The van der Waals surface area contributed by atoms with Crippen molar-refractivity contribution in [3.05, 3.63) is 65.0 Å². The van der Waals surface area contributed by atoms with E-state index >= 15 is 0 Å². The van der Waals surface area contributed by atoms with Crippen LogP contribution in [-0.4, -0.2) is 7.11 Å². The van der Waals surface area contributed by atoms with Crippen molar-refractivity contribution < 1.29 is 9.13 Å². The molecule has 1 unspecified atom stereocenters. The predicted octanol–water partition coefficient (Wildman–Crippen LogP) is 3.78. The molecule has 0 aromatic heterocycles. The fourth-order valence-electron chi connectivity index (χ4n) is 2.29. The maximum absolute atomic E-state index is 13.9. The highest BCUT2D eigenvalue weighted by Crippen LogP contribution is 2.24. The number of nitrogens with two attached hydrogens (primary N) is 1. The van der Waals surface area contributed by atoms with E-state index in [2.05, 4.69) is 19.1 Å². The first-order valence-electron chi connectivity index (χ1n) is 6.75. The summed E-state index contributed by atoms with van der Waals surface area (Å²) in [7, 11) is 1.52. The van der Waals surface area contributed by atoms with Crippen molar-refractivity contribution in [2.75, 3.05) is 7.11 Å². The zero-order chi connectivity index (χ0) is 14.5. The highest BCUT2D eigenvalue weighted by Gasteiger charge is 2.12. The fraction of sp³-hybridized carbons (Fsp3) is 0.294. The largest absolute Gasteiger partial charge is 0.497 e. The Labute approximate surface area is 119 Å². The molecule has 2 rings (SSSR count). The van der Waals surface area contributed by atoms with Crippen LogP contribution in [0.2, 0.25) is 0 Å². The Balaban J connectivity index is 2.05. The second kappa shape index (κ2) is 6.53. The summed E-state index contributed by atoms with van der Waals surface area (Å²) >= 11 is 0. The lowest BCUT2D eigenvalue weighted by molar-refractivity contribution is 0.410. The van der Waals surface area contributed by atoms with Gasteiger partial charge >= 0.3 is 0 Å². The molecule has 0 saturated heterocycles. The predicted molar refractivity (Wildman–Crippen MR) is 79.4 cm³/mol. The molecule has 0 fully saturated rings. The molecule has 0 heterocycles. The van der Waals surface area contributed by atoms with E-state index in [1.807, 2.05) is 12.1 Å². The number of ether oxygens (including phenoxy) is 1. The van der Waals surface area contributed by atoms with Crippen LogP contribution in [0.5, 0.6) is 5.75 Å². The summed E-state index contributed by atoms with van der Waals surface area (Å²) in [6, 6.07) is 12.7. The second-order valence-corrected chi connectivity index (χ2v) is 4.96. The summed E-state index contributed by atoms with van der Waals surface area (Å²) in [5, 5.41) is 0. The van der Waals surface area contributed by atoms with Crippen molar-refractivity contribution in [3.63, 3.8) is 0 Å². The number of hydrogen-bond acceptors (Lipinski definition) is 2. The number of benzene rings is 2. The van der Waals surface area contributed by atoms with Gasteiger partial charge in [-0.1, -0.05) is 30.3 Å². The van der Waals surface area contributed by atoms with Gasteiger partial charge in [-0.2, -0.15) is 0 Å². The van der Waals surface area contributed by atoms with Gasteiger partial charge in [0.05, 0.1) is 7.11 Å². The lowest BCUT2D eigenvalue weighted by Gasteiger charge is -2.14. The Morgan fingerprint density at radius 3 is 2.60 bits per heavy atom. The quantitative estimate of drug-likeness (QED) is 0.900. The van der Waals surface area contributed by atoms with Crippen LogP contribution in [0, 0.1) is 12.7 Å². The van der Waals surface area contributed by atoms with E-state index in [0.717, 1.165) is 6.42 Å². The molecule has 106 valence electrons. The van der Waals surface area contributed by atoms with E-state index in [0.29, 0.717) is 17.7 Å². The lowest BCUT2D eigenvalue weighted by atomic mass is 9.97. The monoisotopic (exact) mass is 273 g/mol. The Bertz CT molecular complexity index is 583. The minimum Gasteiger partial charge on any atom is -0.497 e. The molecule has 0 saturated carbocycles. The molecule has 2 aromatic rings. The maximum atomic E-state index is 13.9. The Morgan fingerprint density at radius 2 is 1.95 bits per heavy atom. The number of hydrogen-bond donors (Lipinski definition) is 1. The SMILES string of the molecule is COc1ccc(C(N)CCc2ccccc2C)c(F)c1. The molecule has 20 heavy (non-hydrogen) atoms. The fourth-order valence-corrected chi connectivity index (χ4v) is 2.29. The van der Waals surface area contributed by atoms with E-state index < -0.39 is 0 Å². The third kappa shape index (κ3) is 3.36. The summed E-state index contributed by atoms with van der Waals surface area (Å²) in [5.74, 6) is 0.207. The third-order valence-electron chi connectivity index (χ3n) is 3.59. The minimum atomic E-state index is -0.305. The Morgan fingerprint density at radius 1 is 1.20 bits per heavy atom. The van der Waals surface area contributed by atoms with Crippen molar-refractivity contribution in [2.24, 2.45) is 5.73 Å². The van der Waals surface area contributed by atoms with Gasteiger partial charge in [-0.3, -0.25) is 0 Å². The van der Waals surface area contributed by atoms with Gasteiger partial charge in [0.15, 0.2) is 0 Å². The van der Waals surface area contributed by atoms with Gasteiger partial charge < -0.3 is 10.5 Å². The molecule has 0 spiro atoms. The molecule has 0 aliphatic heterocycles. The van der Waals surface area contributed by atoms with E-state index in [-0.39, 0.29) is 11.9 Å². The zero-order valence-corrected chi connectivity index (χ0v) is 11.9. The summed E-state index contributed by atoms with van der Waals surface area (Å²) in [6.45, 7) is 2.08. The smallest absolute Gasteiger partial charge is 0.131 e. The van der Waals surface area contributed by atoms with Crippen molar-refractivity contribution in [2.45, 2.75) is 25.8 Å². The van der Waals surface area contributed by atoms with E-state index in [1.165, 1.54) is 24.3 Å². The number of halogens is 1. The Hall–Kier alpha value is -1.87. The maximum Gasteiger partial charge on any atom is 0.131 e. The van der Waals surface area contributed by atoms with Gasteiger partial charge in [0.25, 0.3) is 0 Å². The molecule has 0 radical (unpaired) electrons. The van der Waals surface area contributed by atoms with Crippen molar-refractivity contribution in [3.8, 4) is 5.75 Å². The van der Waals surface area contributed by atoms with E-state index in [4.69, 9.17) is 10.5 Å². The first kappa shape index (κ1) is 14.5. The van der Waals surface area contributed by atoms with Crippen LogP contribution in [0.1, 0.15) is 29.2 Å². The number of rotatable bonds is 5. The van der Waals surface area contributed by atoms with Crippen LogP contribution in [-0.2, 0) is 6.42 Å². The van der Waals surface area contributed by atoms with Crippen LogP contribution < -0.4 is 10.5 Å². The van der Waals surface area contributed by atoms with Crippen LogP contribution >= 0.6 is 0 Å². The third-order valence-corrected chi connectivity index (χ3v) is 3.59. The highest BCUT2D eigenvalue weighted by molar-refractivity contribution is 5.31. The van der Waals surface area contributed by atoms with Gasteiger partial charge in [0.2, 0.25) is 0 Å². The average Bonchev–Trinajstić information content (AvgIpc) is 2.46. The molecule has 0 amide bonds. The normalized spacial score (nSPS) is 12.2. The lowest BCUT2D eigenvalue weighted by Crippen LogP contribution is -2.13. The highest BCUT2D eigenvalue weighted by atomic mass is 19.1. The summed E-state index contributed by atoms with van der Waals surface area (Å²) in [4.78, 5) is 0. The molecule has 0 aliphatic rings. The zero-order valence-electron chi connectivity index (χ0n) is 11.9. The molecule has 0 aliphatic carbocycles. The van der Waals surface area contributed by atoms with Gasteiger partial charge in [-0.15, -0.1) is 0 Å². The van der Waals surface area contributed by atoms with Crippen molar-refractivity contribution >= 4 is 0 Å². The van der Waals surface area contributed by atoms with Crippen LogP contribution in [0.15, 0.2) is 42.5 Å². The average molecular weight is 273 g/mol. The molecule has 2 N–H and O–H groups in total. The van der Waals surface area contributed by atoms with Crippen LogP contribution in [0.25, 0.3) is 0 Å². The van der Waals surface area contributed by atoms with Crippen LogP contribution in [0.4, 0.5) is 4.39 Å². The standard InChI is InChI=1S/C17H20FNO/c1-12-5-3-4-6-13(12)7-10-17(19)15-9-8-14(20-2)11-16(15)18/h3-6,8-9,11,17H,7,10,19H2,1-2H3. The van der Waals surface area contributed by atoms with Crippen molar-refractivity contribution in [1.82, 2.24) is 0 Å². The first-order chi connectivity index (χ1) is 9.61. The molecule has 3 heteroatoms. The van der Waals surface area contributed by atoms with Gasteiger partial charge in [-0.05, 0) is 37.0 Å². The van der Waals surface area contributed by atoms with Gasteiger partial charge in [-0.25, -0.2) is 4.39 Å². The van der Waals surface area contributed by atoms with Gasteiger partial charge in [0, 0.05) is 17.7 Å². The van der Waals surface area contributed by atoms with E-state index in [9.17, 15) is 4.39 Å². The molecular formula is C17H20FNO. The summed E-state index contributed by atoms with van der Waals surface area (Å²) < 4.78 is 18.9. The van der Waals surface area contributed by atoms with Crippen LogP contribution in [0.3, 0.4) is 0 Å². The molecule has 0 bridgehead atoms. The molecule has 2 nitrogen and oxygen atoms in total. The summed E-state index contributed by atoms with van der Waals surface area (Å²) in [5.41, 5.74) is 9.15.